The molecule has 0 spiro atoms. The second-order valence-corrected chi connectivity index (χ2v) is 7.40. The molecule has 1 atom stereocenters. The molecule has 0 aliphatic heterocycles. The molecule has 4 aromatic rings. The number of carboxylic acid groups (broad SMARTS) is 1. The van der Waals surface area contributed by atoms with Crippen LogP contribution in [0.15, 0.2) is 79.0 Å². The van der Waals surface area contributed by atoms with Gasteiger partial charge in [-0.05, 0) is 47.0 Å². The summed E-state index contributed by atoms with van der Waals surface area (Å²) in [5.74, 6) is -0.501. The van der Waals surface area contributed by atoms with Gasteiger partial charge in [-0.2, -0.15) is 0 Å². The molecule has 158 valence electrons. The number of nitrogens with one attached hydrogen (secondary N) is 2. The van der Waals surface area contributed by atoms with E-state index in [1.165, 1.54) is 12.1 Å². The van der Waals surface area contributed by atoms with Crippen molar-refractivity contribution in [2.75, 3.05) is 0 Å². The summed E-state index contributed by atoms with van der Waals surface area (Å²) in [6.07, 6.45) is 2.24. The van der Waals surface area contributed by atoms with Gasteiger partial charge in [-0.3, -0.25) is 4.79 Å². The Hall–Kier alpha value is -3.64. The Kier molecular flexibility index (Phi) is 6.29. The molecule has 0 radical (unpaired) electrons. The standard InChI is InChI=1S/C25H23FN2O3/c26-20-10-8-17(9-11-20)16-31-21-5-3-4-18(12-21)14-27-24(25(29)30)13-19-15-28-23-7-2-1-6-22(19)23/h1-12,15,24,27-28H,13-14,16H2,(H,29,30)/t24-/m1/s1. The number of hydrogen-bond acceptors (Lipinski definition) is 3. The van der Waals surface area contributed by atoms with Gasteiger partial charge in [-0.1, -0.05) is 42.5 Å². The Morgan fingerprint density at radius 1 is 1.03 bits per heavy atom. The van der Waals surface area contributed by atoms with Crippen molar-refractivity contribution in [3.05, 3.63) is 102 Å². The van der Waals surface area contributed by atoms with E-state index in [0.29, 0.717) is 25.3 Å². The second-order valence-electron chi connectivity index (χ2n) is 7.40. The highest BCUT2D eigenvalue weighted by Crippen LogP contribution is 2.20. The fourth-order valence-corrected chi connectivity index (χ4v) is 3.50. The number of aromatic nitrogens is 1. The van der Waals surface area contributed by atoms with Gasteiger partial charge in [0, 0.05) is 30.1 Å². The van der Waals surface area contributed by atoms with E-state index < -0.39 is 12.0 Å². The molecule has 0 aliphatic carbocycles. The van der Waals surface area contributed by atoms with Crippen LogP contribution in [0.4, 0.5) is 4.39 Å². The summed E-state index contributed by atoms with van der Waals surface area (Å²) in [6.45, 7) is 0.725. The topological polar surface area (TPSA) is 74.3 Å². The molecule has 6 heteroatoms. The fourth-order valence-electron chi connectivity index (χ4n) is 3.50. The SMILES string of the molecule is O=C(O)[C@@H](Cc1c[nH]c2ccccc12)NCc1cccc(OCc2ccc(F)cc2)c1. The first-order chi connectivity index (χ1) is 15.1. The number of aromatic amines is 1. The Morgan fingerprint density at radius 3 is 2.65 bits per heavy atom. The van der Waals surface area contributed by atoms with Gasteiger partial charge in [0.1, 0.15) is 24.2 Å². The molecule has 0 saturated carbocycles. The summed E-state index contributed by atoms with van der Waals surface area (Å²) in [6, 6.07) is 20.8. The van der Waals surface area contributed by atoms with Crippen molar-refractivity contribution in [3.8, 4) is 5.75 Å². The number of ether oxygens (including phenoxy) is 1. The van der Waals surface area contributed by atoms with E-state index in [1.807, 2.05) is 54.7 Å². The zero-order chi connectivity index (χ0) is 21.6. The third-order valence-electron chi connectivity index (χ3n) is 5.17. The molecule has 3 aromatic carbocycles. The summed E-state index contributed by atoms with van der Waals surface area (Å²) in [4.78, 5) is 15.0. The molecule has 4 rings (SSSR count). The molecule has 0 unspecified atom stereocenters. The van der Waals surface area contributed by atoms with E-state index in [1.54, 1.807) is 12.1 Å². The maximum atomic E-state index is 13.0. The molecule has 1 heterocycles. The van der Waals surface area contributed by atoms with Crippen molar-refractivity contribution in [2.24, 2.45) is 0 Å². The summed E-state index contributed by atoms with van der Waals surface area (Å²) in [7, 11) is 0. The number of aliphatic carboxylic acids is 1. The number of halogens is 1. The van der Waals surface area contributed by atoms with Crippen molar-refractivity contribution >= 4 is 16.9 Å². The molecule has 0 fully saturated rings. The Labute approximate surface area is 179 Å². The summed E-state index contributed by atoms with van der Waals surface area (Å²) >= 11 is 0. The van der Waals surface area contributed by atoms with Crippen LogP contribution in [0.25, 0.3) is 10.9 Å². The average molecular weight is 418 g/mol. The van der Waals surface area contributed by atoms with Crippen LogP contribution in [0.1, 0.15) is 16.7 Å². The van der Waals surface area contributed by atoms with Crippen LogP contribution in [0.5, 0.6) is 5.75 Å². The van der Waals surface area contributed by atoms with Crippen LogP contribution in [0, 0.1) is 5.82 Å². The number of carbonyl (C=O) groups is 1. The van der Waals surface area contributed by atoms with E-state index >= 15 is 0 Å². The van der Waals surface area contributed by atoms with Gasteiger partial charge in [0.2, 0.25) is 0 Å². The van der Waals surface area contributed by atoms with E-state index in [9.17, 15) is 14.3 Å². The quantitative estimate of drug-likeness (QED) is 0.369. The molecule has 0 saturated heterocycles. The monoisotopic (exact) mass is 418 g/mol. The van der Waals surface area contributed by atoms with Gasteiger partial charge >= 0.3 is 5.97 Å². The largest absolute Gasteiger partial charge is 0.489 e. The number of carboxylic acids is 1. The van der Waals surface area contributed by atoms with Crippen LogP contribution in [0.2, 0.25) is 0 Å². The molecular weight excluding hydrogens is 395 g/mol. The lowest BCUT2D eigenvalue weighted by Crippen LogP contribution is -2.38. The Bertz CT molecular complexity index is 1170. The third kappa shape index (κ3) is 5.29. The van der Waals surface area contributed by atoms with E-state index in [2.05, 4.69) is 10.3 Å². The molecule has 1 aromatic heterocycles. The first-order valence-electron chi connectivity index (χ1n) is 10.1. The summed E-state index contributed by atoms with van der Waals surface area (Å²) < 4.78 is 18.8. The van der Waals surface area contributed by atoms with Gasteiger partial charge in [0.15, 0.2) is 0 Å². The summed E-state index contributed by atoms with van der Waals surface area (Å²) in [5, 5.41) is 13.9. The van der Waals surface area contributed by atoms with Crippen molar-refractivity contribution < 1.29 is 19.0 Å². The molecular formula is C25H23FN2O3. The molecule has 5 nitrogen and oxygen atoms in total. The number of benzene rings is 3. The highest BCUT2D eigenvalue weighted by atomic mass is 19.1. The normalized spacial score (nSPS) is 12.0. The number of rotatable bonds is 9. The first kappa shape index (κ1) is 20.6. The molecule has 0 amide bonds. The molecule has 0 aliphatic rings. The third-order valence-corrected chi connectivity index (χ3v) is 5.17. The van der Waals surface area contributed by atoms with Crippen LogP contribution in [-0.2, 0) is 24.4 Å². The lowest BCUT2D eigenvalue weighted by molar-refractivity contribution is -0.139. The predicted molar refractivity (Wildman–Crippen MR) is 117 cm³/mol. The number of hydrogen-bond donors (Lipinski definition) is 3. The smallest absolute Gasteiger partial charge is 0.321 e. The minimum Gasteiger partial charge on any atom is -0.489 e. The minimum absolute atomic E-state index is 0.280. The van der Waals surface area contributed by atoms with Crippen molar-refractivity contribution in [1.29, 1.82) is 0 Å². The van der Waals surface area contributed by atoms with Gasteiger partial charge < -0.3 is 20.1 Å². The first-order valence-corrected chi connectivity index (χ1v) is 10.1. The average Bonchev–Trinajstić information content (AvgIpc) is 3.19. The zero-order valence-corrected chi connectivity index (χ0v) is 16.8. The lowest BCUT2D eigenvalue weighted by Gasteiger charge is -2.15. The molecule has 31 heavy (non-hydrogen) atoms. The highest BCUT2D eigenvalue weighted by Gasteiger charge is 2.19. The van der Waals surface area contributed by atoms with E-state index in [4.69, 9.17) is 4.74 Å². The maximum Gasteiger partial charge on any atom is 0.321 e. The second kappa shape index (κ2) is 9.45. The van der Waals surface area contributed by atoms with Gasteiger partial charge in [0.05, 0.1) is 0 Å². The number of H-pyrrole nitrogens is 1. The van der Waals surface area contributed by atoms with Crippen molar-refractivity contribution in [1.82, 2.24) is 10.3 Å². The van der Waals surface area contributed by atoms with Crippen LogP contribution in [0.3, 0.4) is 0 Å². The molecule has 3 N–H and O–H groups in total. The van der Waals surface area contributed by atoms with Crippen LogP contribution >= 0.6 is 0 Å². The van der Waals surface area contributed by atoms with Crippen LogP contribution < -0.4 is 10.1 Å². The van der Waals surface area contributed by atoms with E-state index in [0.717, 1.165) is 27.6 Å². The highest BCUT2D eigenvalue weighted by molar-refractivity contribution is 5.84. The fraction of sp³-hybridized carbons (Fsp3) is 0.160. The van der Waals surface area contributed by atoms with Crippen LogP contribution in [-0.4, -0.2) is 22.1 Å². The zero-order valence-electron chi connectivity index (χ0n) is 16.8. The molecule has 0 bridgehead atoms. The lowest BCUT2D eigenvalue weighted by atomic mass is 10.0. The summed E-state index contributed by atoms with van der Waals surface area (Å²) in [5.41, 5.74) is 3.75. The minimum atomic E-state index is -0.894. The Balaban J connectivity index is 1.38. The Morgan fingerprint density at radius 2 is 1.84 bits per heavy atom. The van der Waals surface area contributed by atoms with Gasteiger partial charge in [-0.15, -0.1) is 0 Å². The number of para-hydroxylation sites is 1. The van der Waals surface area contributed by atoms with E-state index in [-0.39, 0.29) is 5.82 Å². The maximum absolute atomic E-state index is 13.0. The van der Waals surface area contributed by atoms with Gasteiger partial charge in [-0.25, -0.2) is 4.39 Å². The van der Waals surface area contributed by atoms with Gasteiger partial charge in [0.25, 0.3) is 0 Å². The van der Waals surface area contributed by atoms with Crippen molar-refractivity contribution in [2.45, 2.75) is 25.6 Å². The number of fused-ring (bicyclic) bond motifs is 1. The van der Waals surface area contributed by atoms with Crippen molar-refractivity contribution in [3.63, 3.8) is 0 Å². The predicted octanol–water partition coefficient (Wildman–Crippen LogP) is 4.67.